The summed E-state index contributed by atoms with van der Waals surface area (Å²) in [6, 6.07) is 9.12. The van der Waals surface area contributed by atoms with Crippen LogP contribution in [0.4, 0.5) is 0 Å². The lowest BCUT2D eigenvalue weighted by Gasteiger charge is -2.13. The van der Waals surface area contributed by atoms with Crippen LogP contribution in [-0.4, -0.2) is 53.0 Å². The predicted octanol–water partition coefficient (Wildman–Crippen LogP) is 2.98. The van der Waals surface area contributed by atoms with Crippen LogP contribution in [0, 0.1) is 6.92 Å². The van der Waals surface area contributed by atoms with Crippen LogP contribution in [0.1, 0.15) is 28.5 Å². The summed E-state index contributed by atoms with van der Waals surface area (Å²) >= 11 is 0. The number of aromatic nitrogens is 3. The van der Waals surface area contributed by atoms with E-state index in [0.29, 0.717) is 40.9 Å². The highest BCUT2D eigenvalue weighted by Crippen LogP contribution is 2.30. The molecule has 3 aromatic rings. The van der Waals surface area contributed by atoms with E-state index in [2.05, 4.69) is 15.0 Å². The zero-order valence-electron chi connectivity index (χ0n) is 18.2. The number of methoxy groups -OCH3 is 1. The summed E-state index contributed by atoms with van der Waals surface area (Å²) < 4.78 is 21.6. The van der Waals surface area contributed by atoms with Crippen LogP contribution in [-0.2, 0) is 11.3 Å². The van der Waals surface area contributed by atoms with Gasteiger partial charge in [0.05, 0.1) is 37.1 Å². The predicted molar refractivity (Wildman–Crippen MR) is 116 cm³/mol. The Kier molecular flexibility index (Phi) is 7.93. The topological polar surface area (TPSA) is 113 Å². The third-order valence-corrected chi connectivity index (χ3v) is 4.45. The van der Waals surface area contributed by atoms with Gasteiger partial charge in [-0.3, -0.25) is 0 Å². The van der Waals surface area contributed by atoms with Crippen molar-refractivity contribution in [3.8, 4) is 28.8 Å². The zero-order valence-corrected chi connectivity index (χ0v) is 18.2. The molecule has 32 heavy (non-hydrogen) atoms. The van der Waals surface area contributed by atoms with Gasteiger partial charge < -0.3 is 24.1 Å². The van der Waals surface area contributed by atoms with Gasteiger partial charge in [-0.25, -0.2) is 19.7 Å². The lowest BCUT2D eigenvalue weighted by Crippen LogP contribution is -2.10. The second-order valence-electron chi connectivity index (χ2n) is 6.64. The number of esters is 1. The largest absolute Gasteiger partial charge is 0.497 e. The smallest absolute Gasteiger partial charge is 0.341 e. The highest BCUT2D eigenvalue weighted by Gasteiger charge is 2.17. The van der Waals surface area contributed by atoms with Gasteiger partial charge in [0.1, 0.15) is 24.7 Å². The summed E-state index contributed by atoms with van der Waals surface area (Å²) in [6.07, 6.45) is 2.95. The van der Waals surface area contributed by atoms with E-state index >= 15 is 0 Å². The minimum Gasteiger partial charge on any atom is -0.497 e. The molecule has 0 aliphatic rings. The normalized spacial score (nSPS) is 10.5. The zero-order chi connectivity index (χ0) is 22.9. The van der Waals surface area contributed by atoms with Crippen molar-refractivity contribution in [3.05, 3.63) is 59.5 Å². The standard InChI is InChI=1S/C23H25N3O6/c1-4-30-23(28)18-12-25-22(26-15(18)2)19-13-24-21(11-20(19)31-10-9-27)32-14-16-5-7-17(29-3)8-6-16/h5-8,11-13,27H,4,9-10,14H2,1-3H3. The summed E-state index contributed by atoms with van der Waals surface area (Å²) in [5.74, 6) is 1.37. The molecular weight excluding hydrogens is 414 g/mol. The Morgan fingerprint density at radius 1 is 1.09 bits per heavy atom. The number of nitrogens with zero attached hydrogens (tertiary/aromatic N) is 3. The molecule has 1 aromatic carbocycles. The molecule has 0 saturated carbocycles. The third-order valence-electron chi connectivity index (χ3n) is 4.45. The molecule has 0 amide bonds. The first kappa shape index (κ1) is 23.0. The van der Waals surface area contributed by atoms with Crippen molar-refractivity contribution in [2.24, 2.45) is 0 Å². The van der Waals surface area contributed by atoms with Crippen molar-refractivity contribution < 1.29 is 28.8 Å². The molecule has 0 atom stereocenters. The monoisotopic (exact) mass is 439 g/mol. The number of carbonyl (C=O) groups is 1. The molecule has 0 saturated heterocycles. The molecule has 0 spiro atoms. The molecule has 1 N–H and O–H groups in total. The number of hydrogen-bond acceptors (Lipinski definition) is 9. The van der Waals surface area contributed by atoms with Gasteiger partial charge in [-0.05, 0) is 31.5 Å². The van der Waals surface area contributed by atoms with E-state index in [0.717, 1.165) is 11.3 Å². The number of pyridine rings is 1. The average molecular weight is 439 g/mol. The van der Waals surface area contributed by atoms with Gasteiger partial charge in [0.2, 0.25) is 5.88 Å². The molecule has 0 aliphatic heterocycles. The number of hydrogen-bond donors (Lipinski definition) is 1. The highest BCUT2D eigenvalue weighted by atomic mass is 16.5. The quantitative estimate of drug-likeness (QED) is 0.476. The molecule has 9 heteroatoms. The molecular formula is C23H25N3O6. The first-order valence-corrected chi connectivity index (χ1v) is 10.1. The SMILES string of the molecule is CCOC(=O)c1cnc(-c2cnc(OCc3ccc(OC)cc3)cc2OCCO)nc1C. The summed E-state index contributed by atoms with van der Waals surface area (Å²) in [6.45, 7) is 3.92. The van der Waals surface area contributed by atoms with Crippen molar-refractivity contribution in [2.75, 3.05) is 26.9 Å². The molecule has 3 rings (SSSR count). The van der Waals surface area contributed by atoms with E-state index in [1.807, 2.05) is 24.3 Å². The number of ether oxygens (including phenoxy) is 4. The van der Waals surface area contributed by atoms with Crippen LogP contribution in [0.5, 0.6) is 17.4 Å². The second-order valence-corrected chi connectivity index (χ2v) is 6.64. The van der Waals surface area contributed by atoms with Gasteiger partial charge in [-0.1, -0.05) is 12.1 Å². The molecule has 2 aromatic heterocycles. The maximum absolute atomic E-state index is 12.0. The molecule has 0 aliphatic carbocycles. The fourth-order valence-electron chi connectivity index (χ4n) is 2.83. The molecule has 0 fully saturated rings. The Balaban J connectivity index is 1.82. The van der Waals surface area contributed by atoms with E-state index in [4.69, 9.17) is 18.9 Å². The van der Waals surface area contributed by atoms with Crippen LogP contribution in [0.25, 0.3) is 11.4 Å². The number of aryl methyl sites for hydroxylation is 1. The first-order valence-electron chi connectivity index (χ1n) is 10.1. The van der Waals surface area contributed by atoms with Crippen molar-refractivity contribution >= 4 is 5.97 Å². The molecule has 9 nitrogen and oxygen atoms in total. The van der Waals surface area contributed by atoms with E-state index in [-0.39, 0.29) is 19.8 Å². The summed E-state index contributed by atoms with van der Waals surface area (Å²) in [5, 5.41) is 9.18. The van der Waals surface area contributed by atoms with Gasteiger partial charge in [0, 0.05) is 18.5 Å². The fourth-order valence-corrected chi connectivity index (χ4v) is 2.83. The molecule has 0 radical (unpaired) electrons. The summed E-state index contributed by atoms with van der Waals surface area (Å²) in [4.78, 5) is 25.0. The molecule has 0 unspecified atom stereocenters. The molecule has 168 valence electrons. The number of aliphatic hydroxyl groups excluding tert-OH is 1. The van der Waals surface area contributed by atoms with Crippen LogP contribution in [0.15, 0.2) is 42.7 Å². The van der Waals surface area contributed by atoms with Gasteiger partial charge in [-0.15, -0.1) is 0 Å². The van der Waals surface area contributed by atoms with Crippen LogP contribution < -0.4 is 14.2 Å². The highest BCUT2D eigenvalue weighted by molar-refractivity contribution is 5.90. The molecule has 0 bridgehead atoms. The summed E-state index contributed by atoms with van der Waals surface area (Å²) in [5.41, 5.74) is 2.22. The number of benzene rings is 1. The van der Waals surface area contributed by atoms with Gasteiger partial charge in [-0.2, -0.15) is 0 Å². The first-order chi connectivity index (χ1) is 15.5. The van der Waals surface area contributed by atoms with E-state index in [1.165, 1.54) is 12.4 Å². The van der Waals surface area contributed by atoms with Crippen molar-refractivity contribution in [3.63, 3.8) is 0 Å². The van der Waals surface area contributed by atoms with E-state index in [1.54, 1.807) is 27.0 Å². The Hall–Kier alpha value is -3.72. The van der Waals surface area contributed by atoms with Gasteiger partial charge in [0.25, 0.3) is 0 Å². The Bertz CT molecular complexity index is 1060. The lowest BCUT2D eigenvalue weighted by molar-refractivity contribution is 0.0524. The maximum Gasteiger partial charge on any atom is 0.341 e. The van der Waals surface area contributed by atoms with Crippen molar-refractivity contribution in [1.29, 1.82) is 0 Å². The van der Waals surface area contributed by atoms with E-state index < -0.39 is 5.97 Å². The number of aliphatic hydroxyl groups is 1. The van der Waals surface area contributed by atoms with Crippen LogP contribution in [0.3, 0.4) is 0 Å². The lowest BCUT2D eigenvalue weighted by atomic mass is 10.2. The Labute approximate surface area is 186 Å². The van der Waals surface area contributed by atoms with Crippen molar-refractivity contribution in [2.45, 2.75) is 20.5 Å². The fraction of sp³-hybridized carbons (Fsp3) is 0.304. The summed E-state index contributed by atoms with van der Waals surface area (Å²) in [7, 11) is 1.61. The van der Waals surface area contributed by atoms with Gasteiger partial charge in [0.15, 0.2) is 5.82 Å². The van der Waals surface area contributed by atoms with Crippen molar-refractivity contribution in [1.82, 2.24) is 15.0 Å². The Morgan fingerprint density at radius 3 is 2.53 bits per heavy atom. The average Bonchev–Trinajstić information content (AvgIpc) is 2.81. The maximum atomic E-state index is 12.0. The third kappa shape index (κ3) is 5.70. The molecule has 2 heterocycles. The number of carbonyl (C=O) groups excluding carboxylic acids is 1. The Morgan fingerprint density at radius 2 is 1.88 bits per heavy atom. The second kappa shape index (κ2) is 11.1. The van der Waals surface area contributed by atoms with E-state index in [9.17, 15) is 9.90 Å². The minimum atomic E-state index is -0.478. The number of rotatable bonds is 10. The van der Waals surface area contributed by atoms with Crippen LogP contribution in [0.2, 0.25) is 0 Å². The minimum absolute atomic E-state index is 0.0782. The van der Waals surface area contributed by atoms with Gasteiger partial charge >= 0.3 is 5.97 Å². The van der Waals surface area contributed by atoms with Crippen LogP contribution >= 0.6 is 0 Å².